The summed E-state index contributed by atoms with van der Waals surface area (Å²) in [6.07, 6.45) is 2.50. The number of rotatable bonds is 4. The van der Waals surface area contributed by atoms with E-state index < -0.39 is 0 Å². The van der Waals surface area contributed by atoms with E-state index in [4.69, 9.17) is 0 Å². The molecule has 3 heteroatoms. The predicted molar refractivity (Wildman–Crippen MR) is 80.2 cm³/mol. The fourth-order valence-electron chi connectivity index (χ4n) is 2.79. The zero-order valence-electron chi connectivity index (χ0n) is 12.7. The van der Waals surface area contributed by atoms with Crippen molar-refractivity contribution >= 4 is 0 Å². The minimum atomic E-state index is 0.204. The molecule has 1 atom stereocenters. The Bertz CT molecular complexity index is 414. The molecule has 2 heterocycles. The highest BCUT2D eigenvalue weighted by Gasteiger charge is 2.33. The van der Waals surface area contributed by atoms with Gasteiger partial charge in [-0.15, -0.1) is 0 Å². The van der Waals surface area contributed by atoms with Gasteiger partial charge in [0.15, 0.2) is 0 Å². The van der Waals surface area contributed by atoms with E-state index in [1.165, 1.54) is 18.5 Å². The monoisotopic (exact) mass is 261 g/mol. The molecule has 0 aromatic carbocycles. The van der Waals surface area contributed by atoms with Crippen LogP contribution in [0.3, 0.4) is 0 Å². The second-order valence-corrected chi connectivity index (χ2v) is 6.33. The summed E-state index contributed by atoms with van der Waals surface area (Å²) in [6.45, 7) is 12.1. The van der Waals surface area contributed by atoms with Gasteiger partial charge in [-0.05, 0) is 39.3 Å². The summed E-state index contributed by atoms with van der Waals surface area (Å²) in [5.41, 5.74) is 2.50. The second kappa shape index (κ2) is 6.02. The highest BCUT2D eigenvalue weighted by atomic mass is 15.3. The summed E-state index contributed by atoms with van der Waals surface area (Å²) < 4.78 is 0. The minimum Gasteiger partial charge on any atom is -0.311 e. The fourth-order valence-corrected chi connectivity index (χ4v) is 2.79. The Balaban J connectivity index is 2.06. The van der Waals surface area contributed by atoms with Crippen molar-refractivity contribution in [3.63, 3.8) is 0 Å². The Morgan fingerprint density at radius 1 is 1.42 bits per heavy atom. The molecular weight excluding hydrogens is 234 g/mol. The van der Waals surface area contributed by atoms with Gasteiger partial charge in [-0.25, -0.2) is 0 Å². The van der Waals surface area contributed by atoms with Crippen molar-refractivity contribution in [2.45, 2.75) is 58.7 Å². The highest BCUT2D eigenvalue weighted by Crippen LogP contribution is 2.22. The Kier molecular flexibility index (Phi) is 4.58. The van der Waals surface area contributed by atoms with Crippen LogP contribution in [0.4, 0.5) is 0 Å². The Morgan fingerprint density at radius 3 is 2.89 bits per heavy atom. The lowest BCUT2D eigenvalue weighted by Crippen LogP contribution is -2.61. The van der Waals surface area contributed by atoms with E-state index in [9.17, 15) is 0 Å². The maximum atomic E-state index is 4.64. The topological polar surface area (TPSA) is 28.2 Å². The number of pyridine rings is 1. The van der Waals surface area contributed by atoms with Crippen LogP contribution in [0, 0.1) is 6.92 Å². The van der Waals surface area contributed by atoms with Crippen LogP contribution in [0.2, 0.25) is 0 Å². The number of aryl methyl sites for hydroxylation is 1. The molecule has 0 amide bonds. The van der Waals surface area contributed by atoms with Gasteiger partial charge < -0.3 is 5.32 Å². The summed E-state index contributed by atoms with van der Waals surface area (Å²) >= 11 is 0. The molecule has 1 N–H and O–H groups in total. The molecule has 0 aliphatic carbocycles. The van der Waals surface area contributed by atoms with Crippen molar-refractivity contribution in [3.8, 4) is 0 Å². The molecule has 1 aromatic rings. The van der Waals surface area contributed by atoms with Crippen LogP contribution in [0.25, 0.3) is 0 Å². The van der Waals surface area contributed by atoms with Crippen molar-refractivity contribution in [3.05, 3.63) is 29.6 Å². The van der Waals surface area contributed by atoms with Gasteiger partial charge in [0.1, 0.15) is 0 Å². The number of piperazine rings is 1. The summed E-state index contributed by atoms with van der Waals surface area (Å²) in [6, 6.07) is 6.94. The maximum Gasteiger partial charge on any atom is 0.0547 e. The summed E-state index contributed by atoms with van der Waals surface area (Å²) in [5, 5.41) is 3.68. The zero-order chi connectivity index (χ0) is 13.9. The van der Waals surface area contributed by atoms with Gasteiger partial charge in [0, 0.05) is 36.9 Å². The molecule has 2 rings (SSSR count). The van der Waals surface area contributed by atoms with Crippen LogP contribution in [0.5, 0.6) is 0 Å². The number of nitrogens with one attached hydrogen (secondary N) is 1. The van der Waals surface area contributed by atoms with Crippen LogP contribution in [-0.2, 0) is 6.54 Å². The molecule has 0 radical (unpaired) electrons. The van der Waals surface area contributed by atoms with Crippen LogP contribution in [0.1, 0.15) is 45.0 Å². The third kappa shape index (κ3) is 3.77. The van der Waals surface area contributed by atoms with Gasteiger partial charge in [0.25, 0.3) is 0 Å². The van der Waals surface area contributed by atoms with Gasteiger partial charge in [0.05, 0.1) is 5.69 Å². The molecular formula is C16H27N3. The van der Waals surface area contributed by atoms with Crippen LogP contribution in [0.15, 0.2) is 18.2 Å². The van der Waals surface area contributed by atoms with E-state index in [-0.39, 0.29) is 5.54 Å². The quantitative estimate of drug-likeness (QED) is 0.903. The summed E-state index contributed by atoms with van der Waals surface area (Å²) in [7, 11) is 0. The molecule has 0 saturated carbocycles. The van der Waals surface area contributed by atoms with Crippen LogP contribution in [-0.4, -0.2) is 34.6 Å². The first-order chi connectivity index (χ1) is 9.01. The normalized spacial score (nSPS) is 23.5. The smallest absolute Gasteiger partial charge is 0.0547 e. The second-order valence-electron chi connectivity index (χ2n) is 6.33. The first kappa shape index (κ1) is 14.5. The maximum absolute atomic E-state index is 4.64. The lowest BCUT2D eigenvalue weighted by Gasteiger charge is -2.46. The van der Waals surface area contributed by atoms with Crippen LogP contribution >= 0.6 is 0 Å². The van der Waals surface area contributed by atoms with Gasteiger partial charge in [0.2, 0.25) is 0 Å². The Labute approximate surface area is 117 Å². The van der Waals surface area contributed by atoms with E-state index >= 15 is 0 Å². The average Bonchev–Trinajstić information content (AvgIpc) is 2.34. The number of aromatic nitrogens is 1. The molecule has 1 aliphatic heterocycles. The Morgan fingerprint density at radius 2 is 2.21 bits per heavy atom. The lowest BCUT2D eigenvalue weighted by molar-refractivity contribution is 0.0552. The summed E-state index contributed by atoms with van der Waals surface area (Å²) in [4.78, 5) is 7.22. The van der Waals surface area contributed by atoms with Crippen molar-refractivity contribution in [1.82, 2.24) is 15.2 Å². The van der Waals surface area contributed by atoms with E-state index in [1.54, 1.807) is 0 Å². The Hall–Kier alpha value is -0.930. The van der Waals surface area contributed by atoms with Gasteiger partial charge >= 0.3 is 0 Å². The molecule has 3 nitrogen and oxygen atoms in total. The molecule has 1 aromatic heterocycles. The summed E-state index contributed by atoms with van der Waals surface area (Å²) in [5.74, 6) is 0. The fraction of sp³-hybridized carbons (Fsp3) is 0.688. The van der Waals surface area contributed by atoms with Crippen molar-refractivity contribution in [1.29, 1.82) is 0 Å². The number of nitrogens with zero attached hydrogens (tertiary/aromatic N) is 2. The van der Waals surface area contributed by atoms with E-state index in [0.717, 1.165) is 25.3 Å². The molecule has 1 unspecified atom stereocenters. The van der Waals surface area contributed by atoms with Crippen molar-refractivity contribution in [2.75, 3.05) is 13.1 Å². The molecule has 1 fully saturated rings. The van der Waals surface area contributed by atoms with Crippen molar-refractivity contribution < 1.29 is 0 Å². The number of hydrogen-bond donors (Lipinski definition) is 1. The number of hydrogen-bond acceptors (Lipinski definition) is 3. The minimum absolute atomic E-state index is 0.204. The third-order valence-corrected chi connectivity index (χ3v) is 4.06. The predicted octanol–water partition coefficient (Wildman–Crippen LogP) is 2.74. The zero-order valence-corrected chi connectivity index (χ0v) is 12.7. The first-order valence-electron chi connectivity index (χ1n) is 7.42. The van der Waals surface area contributed by atoms with Gasteiger partial charge in [-0.1, -0.05) is 19.4 Å². The largest absolute Gasteiger partial charge is 0.311 e. The molecule has 0 spiro atoms. The molecule has 0 bridgehead atoms. The average molecular weight is 261 g/mol. The standard InChI is InChI=1S/C16H27N3/c1-5-7-14-10-19(16(3,4)12-17-14)11-15-9-6-8-13(2)18-15/h6,8-9,14,17H,5,7,10-12H2,1-4H3. The molecule has 106 valence electrons. The van der Waals surface area contributed by atoms with Gasteiger partial charge in [-0.3, -0.25) is 9.88 Å². The first-order valence-corrected chi connectivity index (χ1v) is 7.42. The van der Waals surface area contributed by atoms with E-state index in [0.29, 0.717) is 6.04 Å². The van der Waals surface area contributed by atoms with Crippen LogP contribution < -0.4 is 5.32 Å². The third-order valence-electron chi connectivity index (χ3n) is 4.06. The van der Waals surface area contributed by atoms with Crippen molar-refractivity contribution in [2.24, 2.45) is 0 Å². The van der Waals surface area contributed by atoms with E-state index in [1.807, 2.05) is 0 Å². The van der Waals surface area contributed by atoms with Gasteiger partial charge in [-0.2, -0.15) is 0 Å². The highest BCUT2D eigenvalue weighted by molar-refractivity contribution is 5.10. The molecule has 1 saturated heterocycles. The lowest BCUT2D eigenvalue weighted by atomic mass is 9.95. The van der Waals surface area contributed by atoms with E-state index in [2.05, 4.69) is 61.1 Å². The SMILES string of the molecule is CCCC1CN(Cc2cccc(C)n2)C(C)(C)CN1. The molecule has 1 aliphatic rings. The molecule has 19 heavy (non-hydrogen) atoms.